The van der Waals surface area contributed by atoms with E-state index in [0.29, 0.717) is 5.41 Å². The molecular formula is C21H30O. The summed E-state index contributed by atoms with van der Waals surface area (Å²) < 4.78 is 0. The van der Waals surface area contributed by atoms with Gasteiger partial charge in [-0.25, -0.2) is 0 Å². The van der Waals surface area contributed by atoms with E-state index < -0.39 is 0 Å². The first kappa shape index (κ1) is 14.8. The van der Waals surface area contributed by atoms with Gasteiger partial charge in [-0.3, -0.25) is 0 Å². The van der Waals surface area contributed by atoms with Crippen LogP contribution in [0.5, 0.6) is 0 Å². The monoisotopic (exact) mass is 298 g/mol. The lowest BCUT2D eigenvalue weighted by Crippen LogP contribution is -2.44. The summed E-state index contributed by atoms with van der Waals surface area (Å²) in [5.41, 5.74) is 5.00. The van der Waals surface area contributed by atoms with Gasteiger partial charge in [0.05, 0.1) is 6.10 Å². The Kier molecular flexibility index (Phi) is 3.41. The SMILES string of the molecule is C=C(C)[C@H]1CCC2C3CCC4=CC(O)CC=C4C3CCC21C. The first-order valence-corrected chi connectivity index (χ1v) is 9.25. The topological polar surface area (TPSA) is 20.2 Å². The van der Waals surface area contributed by atoms with Crippen LogP contribution in [0.25, 0.3) is 0 Å². The van der Waals surface area contributed by atoms with E-state index in [1.54, 1.807) is 5.57 Å². The van der Waals surface area contributed by atoms with E-state index in [1.807, 2.05) is 0 Å². The summed E-state index contributed by atoms with van der Waals surface area (Å²) in [6.45, 7) is 9.11. The molecule has 6 atom stereocenters. The normalized spacial score (nSPS) is 47.0. The lowest BCUT2D eigenvalue weighted by molar-refractivity contribution is 0.0235. The third kappa shape index (κ3) is 2.01. The Morgan fingerprint density at radius 1 is 1.27 bits per heavy atom. The fourth-order valence-electron chi connectivity index (χ4n) is 6.60. The first-order chi connectivity index (χ1) is 10.5. The highest BCUT2D eigenvalue weighted by Gasteiger charge is 2.55. The maximum absolute atomic E-state index is 9.90. The van der Waals surface area contributed by atoms with E-state index in [2.05, 4.69) is 32.6 Å². The molecule has 0 amide bonds. The molecule has 0 spiro atoms. The minimum absolute atomic E-state index is 0.233. The van der Waals surface area contributed by atoms with Crippen LogP contribution in [0.3, 0.4) is 0 Å². The van der Waals surface area contributed by atoms with E-state index >= 15 is 0 Å². The molecule has 0 aromatic carbocycles. The maximum atomic E-state index is 9.90. The zero-order valence-corrected chi connectivity index (χ0v) is 14.1. The van der Waals surface area contributed by atoms with Gasteiger partial charge in [-0.1, -0.05) is 31.2 Å². The van der Waals surface area contributed by atoms with Crippen molar-refractivity contribution in [2.45, 2.75) is 64.9 Å². The van der Waals surface area contributed by atoms with E-state index in [0.717, 1.165) is 30.1 Å². The van der Waals surface area contributed by atoms with Gasteiger partial charge in [-0.15, -0.1) is 0 Å². The summed E-state index contributed by atoms with van der Waals surface area (Å²) in [6, 6.07) is 0. The third-order valence-corrected chi connectivity index (χ3v) is 7.52. The summed E-state index contributed by atoms with van der Waals surface area (Å²) >= 11 is 0. The number of aliphatic hydroxyl groups excluding tert-OH is 1. The maximum Gasteiger partial charge on any atom is 0.0761 e. The van der Waals surface area contributed by atoms with Crippen LogP contribution < -0.4 is 0 Å². The fraction of sp³-hybridized carbons (Fsp3) is 0.714. The van der Waals surface area contributed by atoms with Crippen molar-refractivity contribution in [2.75, 3.05) is 0 Å². The highest BCUT2D eigenvalue weighted by atomic mass is 16.3. The highest BCUT2D eigenvalue weighted by Crippen LogP contribution is 2.64. The van der Waals surface area contributed by atoms with Crippen molar-refractivity contribution < 1.29 is 5.11 Å². The zero-order valence-electron chi connectivity index (χ0n) is 14.1. The summed E-state index contributed by atoms with van der Waals surface area (Å²) in [5.74, 6) is 3.29. The number of hydrogen-bond acceptors (Lipinski definition) is 1. The summed E-state index contributed by atoms with van der Waals surface area (Å²) in [6.07, 6.45) is 13.1. The second-order valence-corrected chi connectivity index (χ2v) is 8.59. The Labute approximate surface area is 135 Å². The molecule has 0 aromatic rings. The van der Waals surface area contributed by atoms with Crippen LogP contribution in [-0.2, 0) is 0 Å². The van der Waals surface area contributed by atoms with Gasteiger partial charge in [0.2, 0.25) is 0 Å². The quantitative estimate of drug-likeness (QED) is 0.673. The molecule has 0 saturated heterocycles. The lowest BCUT2D eigenvalue weighted by Gasteiger charge is -2.52. The van der Waals surface area contributed by atoms with Gasteiger partial charge in [0, 0.05) is 0 Å². The molecule has 3 saturated carbocycles. The van der Waals surface area contributed by atoms with Crippen LogP contribution in [0, 0.1) is 29.1 Å². The van der Waals surface area contributed by atoms with Crippen LogP contribution in [-0.4, -0.2) is 11.2 Å². The molecule has 4 rings (SSSR count). The number of hydrogen-bond donors (Lipinski definition) is 1. The van der Waals surface area contributed by atoms with Crippen molar-refractivity contribution in [1.82, 2.24) is 0 Å². The molecule has 4 aliphatic carbocycles. The van der Waals surface area contributed by atoms with Crippen molar-refractivity contribution in [1.29, 1.82) is 0 Å². The van der Waals surface area contributed by atoms with Crippen LogP contribution in [0.1, 0.15) is 58.8 Å². The second-order valence-electron chi connectivity index (χ2n) is 8.59. The van der Waals surface area contributed by atoms with E-state index in [9.17, 15) is 5.11 Å². The van der Waals surface area contributed by atoms with Crippen molar-refractivity contribution >= 4 is 0 Å². The smallest absolute Gasteiger partial charge is 0.0761 e. The summed E-state index contributed by atoms with van der Waals surface area (Å²) in [7, 11) is 0. The Bertz CT molecular complexity index is 554. The van der Waals surface area contributed by atoms with Gasteiger partial charge in [-0.2, -0.15) is 0 Å². The van der Waals surface area contributed by atoms with Crippen molar-refractivity contribution in [3.63, 3.8) is 0 Å². The molecule has 1 heteroatoms. The van der Waals surface area contributed by atoms with E-state index in [4.69, 9.17) is 0 Å². The summed E-state index contributed by atoms with van der Waals surface area (Å²) in [5, 5.41) is 9.90. The van der Waals surface area contributed by atoms with Gasteiger partial charge >= 0.3 is 0 Å². The molecule has 0 aromatic heterocycles. The molecule has 0 heterocycles. The molecule has 4 aliphatic rings. The predicted molar refractivity (Wildman–Crippen MR) is 91.4 cm³/mol. The van der Waals surface area contributed by atoms with Crippen LogP contribution in [0.15, 0.2) is 35.5 Å². The lowest BCUT2D eigenvalue weighted by atomic mass is 9.52. The second kappa shape index (κ2) is 5.09. The molecule has 0 bridgehead atoms. The summed E-state index contributed by atoms with van der Waals surface area (Å²) in [4.78, 5) is 0. The van der Waals surface area contributed by atoms with E-state index in [1.165, 1.54) is 49.7 Å². The standard InChI is InChI=1S/C21H30O/c1-13(2)19-8-9-20-18-6-4-14-12-15(22)5-7-16(14)17(18)10-11-21(19,20)3/h7,12,15,17-20,22H,1,4-6,8-11H2,2-3H3/t15?,17?,18?,19-,20?,21?/m1/s1. The Morgan fingerprint density at radius 3 is 2.86 bits per heavy atom. The molecule has 120 valence electrons. The van der Waals surface area contributed by atoms with Crippen LogP contribution in [0.2, 0.25) is 0 Å². The van der Waals surface area contributed by atoms with Crippen molar-refractivity contribution in [2.24, 2.45) is 29.1 Å². The number of rotatable bonds is 1. The molecule has 22 heavy (non-hydrogen) atoms. The Hall–Kier alpha value is -0.820. The molecule has 0 radical (unpaired) electrons. The third-order valence-electron chi connectivity index (χ3n) is 7.52. The average molecular weight is 298 g/mol. The number of aliphatic hydroxyl groups is 1. The highest BCUT2D eigenvalue weighted by molar-refractivity contribution is 5.40. The minimum atomic E-state index is -0.233. The number of fused-ring (bicyclic) bond motifs is 5. The Balaban J connectivity index is 1.63. The fourth-order valence-corrected chi connectivity index (χ4v) is 6.60. The van der Waals surface area contributed by atoms with Crippen molar-refractivity contribution in [3.05, 3.63) is 35.5 Å². The van der Waals surface area contributed by atoms with Gasteiger partial charge in [0.1, 0.15) is 0 Å². The molecule has 0 aliphatic heterocycles. The van der Waals surface area contributed by atoms with Gasteiger partial charge in [0.15, 0.2) is 0 Å². The van der Waals surface area contributed by atoms with Crippen LogP contribution in [0.4, 0.5) is 0 Å². The average Bonchev–Trinajstić information content (AvgIpc) is 2.84. The first-order valence-electron chi connectivity index (χ1n) is 9.25. The molecule has 3 fully saturated rings. The van der Waals surface area contributed by atoms with Gasteiger partial charge < -0.3 is 5.11 Å². The molecule has 1 nitrogen and oxygen atoms in total. The van der Waals surface area contributed by atoms with Gasteiger partial charge in [0.25, 0.3) is 0 Å². The largest absolute Gasteiger partial charge is 0.389 e. The van der Waals surface area contributed by atoms with Crippen molar-refractivity contribution in [3.8, 4) is 0 Å². The molecule has 5 unspecified atom stereocenters. The minimum Gasteiger partial charge on any atom is -0.389 e. The van der Waals surface area contributed by atoms with Gasteiger partial charge in [-0.05, 0) is 92.1 Å². The number of allylic oxidation sites excluding steroid dienone is 3. The zero-order chi connectivity index (χ0) is 15.5. The Morgan fingerprint density at radius 2 is 2.09 bits per heavy atom. The molecular weight excluding hydrogens is 268 g/mol. The van der Waals surface area contributed by atoms with Crippen LogP contribution >= 0.6 is 0 Å². The molecule has 1 N–H and O–H groups in total. The predicted octanol–water partition coefficient (Wildman–Crippen LogP) is 5.03. The van der Waals surface area contributed by atoms with E-state index in [-0.39, 0.29) is 6.10 Å².